The molecule has 3 aromatic carbocycles. The summed E-state index contributed by atoms with van der Waals surface area (Å²) in [5.74, 6) is -1.67. The van der Waals surface area contributed by atoms with Crippen LogP contribution in [-0.4, -0.2) is 46.2 Å². The molecule has 1 amide bonds. The number of carboxylic acid groups (broad SMARTS) is 1. The molecule has 8 nitrogen and oxygen atoms in total. The smallest absolute Gasteiger partial charge is 0.348 e. The second-order valence-electron chi connectivity index (χ2n) is 8.97. The number of ether oxygens (including phenoxy) is 2. The Morgan fingerprint density at radius 1 is 0.875 bits per heavy atom. The largest absolute Gasteiger partial charge is 0.478 e. The predicted molar refractivity (Wildman–Crippen MR) is 152 cm³/mol. The van der Waals surface area contributed by atoms with Gasteiger partial charge in [0.15, 0.2) is 5.60 Å². The number of hydrogen-bond donors (Lipinski definition) is 2. The Kier molecular flexibility index (Phi) is 9.37. The van der Waals surface area contributed by atoms with Crippen molar-refractivity contribution in [1.29, 1.82) is 0 Å². The van der Waals surface area contributed by atoms with Crippen molar-refractivity contribution in [3.8, 4) is 6.01 Å². The molecule has 40 heavy (non-hydrogen) atoms. The van der Waals surface area contributed by atoms with E-state index in [1.54, 1.807) is 74.5 Å². The maximum absolute atomic E-state index is 12.9. The summed E-state index contributed by atoms with van der Waals surface area (Å²) in [6, 6.07) is 24.1. The number of halogens is 2. The monoisotopic (exact) mass is 579 g/mol. The van der Waals surface area contributed by atoms with Crippen molar-refractivity contribution in [1.82, 2.24) is 15.3 Å². The third-order valence-electron chi connectivity index (χ3n) is 6.08. The number of aromatic nitrogens is 2. The van der Waals surface area contributed by atoms with Crippen molar-refractivity contribution in [2.45, 2.75) is 25.6 Å². The van der Waals surface area contributed by atoms with Gasteiger partial charge in [-0.2, -0.15) is 0 Å². The maximum atomic E-state index is 12.9. The molecular formula is C30H27Cl2N3O5. The Morgan fingerprint density at radius 2 is 1.45 bits per heavy atom. The van der Waals surface area contributed by atoms with Gasteiger partial charge in [0.2, 0.25) is 6.10 Å². The van der Waals surface area contributed by atoms with Crippen LogP contribution in [0.15, 0.2) is 84.9 Å². The molecule has 2 N–H and O–H groups in total. The first-order valence-electron chi connectivity index (χ1n) is 12.4. The Bertz CT molecular complexity index is 1430. The van der Waals surface area contributed by atoms with Crippen LogP contribution in [0.2, 0.25) is 10.0 Å². The molecule has 10 heteroatoms. The summed E-state index contributed by atoms with van der Waals surface area (Å²) >= 11 is 12.0. The van der Waals surface area contributed by atoms with Gasteiger partial charge in [0.25, 0.3) is 5.91 Å². The highest BCUT2D eigenvalue weighted by atomic mass is 35.5. The van der Waals surface area contributed by atoms with Crippen molar-refractivity contribution in [3.05, 3.63) is 123 Å². The van der Waals surface area contributed by atoms with Gasteiger partial charge in [0.05, 0.1) is 16.7 Å². The topological polar surface area (TPSA) is 111 Å². The first-order valence-corrected chi connectivity index (χ1v) is 13.2. The van der Waals surface area contributed by atoms with Crippen LogP contribution in [0.1, 0.15) is 32.9 Å². The van der Waals surface area contributed by atoms with Gasteiger partial charge in [0, 0.05) is 23.5 Å². The van der Waals surface area contributed by atoms with Gasteiger partial charge in [-0.1, -0.05) is 83.9 Å². The minimum Gasteiger partial charge on any atom is -0.478 e. The second kappa shape index (κ2) is 12.9. The van der Waals surface area contributed by atoms with E-state index >= 15 is 0 Å². The number of hydrogen-bond acceptors (Lipinski definition) is 6. The highest BCUT2D eigenvalue weighted by Crippen LogP contribution is 2.39. The first-order chi connectivity index (χ1) is 19.2. The van der Waals surface area contributed by atoms with Gasteiger partial charge in [-0.3, -0.25) is 4.79 Å². The van der Waals surface area contributed by atoms with Crippen LogP contribution >= 0.6 is 23.2 Å². The standard InChI is InChI=1S/C30H27Cl2N3O5/c1-19-17-20(2)35-29(34-19)40-26(28(37)38)30(22-9-5-3-6-10-22,23-11-7-4-8-12-23)39-16-15-33-27(36)21-13-14-24(31)25(32)18-21/h3-14,17-18,26H,15-16H2,1-2H3,(H,33,36)(H,37,38). The summed E-state index contributed by atoms with van der Waals surface area (Å²) in [7, 11) is 0. The number of nitrogens with zero attached hydrogens (tertiary/aromatic N) is 2. The molecule has 4 rings (SSSR count). The number of aryl methyl sites for hydroxylation is 2. The Labute approximate surface area is 241 Å². The molecule has 1 unspecified atom stereocenters. The molecule has 206 valence electrons. The molecule has 0 aliphatic carbocycles. The number of benzene rings is 3. The van der Waals surface area contributed by atoms with Crippen molar-refractivity contribution >= 4 is 35.1 Å². The SMILES string of the molecule is Cc1cc(C)nc(OC(C(=O)O)C(OCCNC(=O)c2ccc(Cl)c(Cl)c2)(c2ccccc2)c2ccccc2)n1. The van der Waals surface area contributed by atoms with Gasteiger partial charge in [-0.25, -0.2) is 14.8 Å². The van der Waals surface area contributed by atoms with Gasteiger partial charge >= 0.3 is 12.0 Å². The third kappa shape index (κ3) is 6.59. The van der Waals surface area contributed by atoms with E-state index < -0.39 is 17.7 Å². The van der Waals surface area contributed by atoms with Gasteiger partial charge in [0.1, 0.15) is 0 Å². The number of rotatable bonds is 11. The van der Waals surface area contributed by atoms with Crippen LogP contribution in [0, 0.1) is 13.8 Å². The quantitative estimate of drug-likeness (QED) is 0.222. The van der Waals surface area contributed by atoms with E-state index in [0.29, 0.717) is 33.1 Å². The highest BCUT2D eigenvalue weighted by molar-refractivity contribution is 6.42. The molecule has 1 atom stereocenters. The molecule has 0 spiro atoms. The minimum absolute atomic E-state index is 0.0578. The zero-order valence-corrected chi connectivity index (χ0v) is 23.3. The molecule has 0 bridgehead atoms. The van der Waals surface area contributed by atoms with Gasteiger partial charge in [-0.05, 0) is 49.2 Å². The molecule has 1 aromatic heterocycles. The van der Waals surface area contributed by atoms with Crippen molar-refractivity contribution in [2.24, 2.45) is 0 Å². The molecule has 1 heterocycles. The zero-order valence-electron chi connectivity index (χ0n) is 21.8. The van der Waals surface area contributed by atoms with Crippen LogP contribution in [0.5, 0.6) is 6.01 Å². The Balaban J connectivity index is 1.70. The molecule has 0 fully saturated rings. The molecular weight excluding hydrogens is 553 g/mol. The van der Waals surface area contributed by atoms with Crippen LogP contribution in [0.3, 0.4) is 0 Å². The fraction of sp³-hybridized carbons (Fsp3) is 0.200. The van der Waals surface area contributed by atoms with E-state index in [1.165, 1.54) is 12.1 Å². The molecule has 4 aromatic rings. The molecule has 0 aliphatic rings. The first kappa shape index (κ1) is 29.0. The van der Waals surface area contributed by atoms with Crippen molar-refractivity contribution in [3.63, 3.8) is 0 Å². The predicted octanol–water partition coefficient (Wildman–Crippen LogP) is 5.62. The fourth-order valence-corrected chi connectivity index (χ4v) is 4.66. The Hall–Kier alpha value is -3.98. The third-order valence-corrected chi connectivity index (χ3v) is 6.82. The lowest BCUT2D eigenvalue weighted by molar-refractivity contribution is -0.164. The molecule has 0 aliphatic heterocycles. The normalized spacial score (nSPS) is 12.0. The maximum Gasteiger partial charge on any atom is 0.348 e. The van der Waals surface area contributed by atoms with Crippen LogP contribution < -0.4 is 10.1 Å². The number of nitrogens with one attached hydrogen (secondary N) is 1. The van der Waals surface area contributed by atoms with E-state index in [4.69, 9.17) is 32.7 Å². The average Bonchev–Trinajstić information content (AvgIpc) is 2.94. The lowest BCUT2D eigenvalue weighted by Crippen LogP contribution is -2.52. The van der Waals surface area contributed by atoms with Gasteiger partial charge < -0.3 is 19.9 Å². The average molecular weight is 580 g/mol. The summed E-state index contributed by atoms with van der Waals surface area (Å²) in [5, 5.41) is 13.9. The summed E-state index contributed by atoms with van der Waals surface area (Å²) in [5.41, 5.74) is 1.02. The van der Waals surface area contributed by atoms with E-state index in [2.05, 4.69) is 15.3 Å². The van der Waals surface area contributed by atoms with Crippen LogP contribution in [0.25, 0.3) is 0 Å². The summed E-state index contributed by atoms with van der Waals surface area (Å²) in [4.78, 5) is 34.2. The summed E-state index contributed by atoms with van der Waals surface area (Å²) in [6.45, 7) is 3.54. The minimum atomic E-state index is -1.64. The number of amides is 1. The van der Waals surface area contributed by atoms with Crippen molar-refractivity contribution < 1.29 is 24.2 Å². The van der Waals surface area contributed by atoms with E-state index in [0.717, 1.165) is 0 Å². The van der Waals surface area contributed by atoms with Crippen molar-refractivity contribution in [2.75, 3.05) is 13.2 Å². The summed E-state index contributed by atoms with van der Waals surface area (Å²) < 4.78 is 12.5. The molecule has 0 saturated carbocycles. The fourth-order valence-electron chi connectivity index (χ4n) is 4.36. The highest BCUT2D eigenvalue weighted by Gasteiger charge is 2.50. The molecule has 0 radical (unpaired) electrons. The van der Waals surface area contributed by atoms with E-state index in [-0.39, 0.29) is 30.1 Å². The van der Waals surface area contributed by atoms with Crippen LogP contribution in [0.4, 0.5) is 0 Å². The number of carbonyl (C=O) groups excluding carboxylic acids is 1. The summed E-state index contributed by atoms with van der Waals surface area (Å²) in [6.07, 6.45) is -1.59. The second-order valence-corrected chi connectivity index (χ2v) is 9.78. The number of carboxylic acids is 1. The Morgan fingerprint density at radius 3 is 1.98 bits per heavy atom. The molecule has 0 saturated heterocycles. The number of carbonyl (C=O) groups is 2. The van der Waals surface area contributed by atoms with E-state index in [9.17, 15) is 14.7 Å². The number of aliphatic carboxylic acids is 1. The lowest BCUT2D eigenvalue weighted by Gasteiger charge is -2.39. The van der Waals surface area contributed by atoms with Crippen LogP contribution in [-0.2, 0) is 15.1 Å². The van der Waals surface area contributed by atoms with Gasteiger partial charge in [-0.15, -0.1) is 0 Å². The van der Waals surface area contributed by atoms with E-state index in [1.807, 2.05) is 12.1 Å². The lowest BCUT2D eigenvalue weighted by atomic mass is 9.81. The zero-order chi connectivity index (χ0) is 28.7.